The molecule has 2 heterocycles. The van der Waals surface area contributed by atoms with Gasteiger partial charge < -0.3 is 19.5 Å². The van der Waals surface area contributed by atoms with Gasteiger partial charge in [-0.3, -0.25) is 4.79 Å². The summed E-state index contributed by atoms with van der Waals surface area (Å²) >= 11 is 0. The Balaban J connectivity index is 0.00000323. The van der Waals surface area contributed by atoms with Crippen molar-refractivity contribution in [3.63, 3.8) is 0 Å². The smallest absolute Gasteiger partial charge is 0.243 e. The van der Waals surface area contributed by atoms with Crippen LogP contribution in [0.5, 0.6) is 11.5 Å². The van der Waals surface area contributed by atoms with Gasteiger partial charge in [-0.1, -0.05) is 24.3 Å². The van der Waals surface area contributed by atoms with Crippen molar-refractivity contribution in [3.8, 4) is 22.6 Å². The quantitative estimate of drug-likeness (QED) is 0.419. The van der Waals surface area contributed by atoms with Gasteiger partial charge in [0.15, 0.2) is 11.5 Å². The number of benzene rings is 3. The third-order valence-electron chi connectivity index (χ3n) is 8.06. The van der Waals surface area contributed by atoms with Crippen LogP contribution in [0.2, 0.25) is 0 Å². The van der Waals surface area contributed by atoms with Gasteiger partial charge in [-0.25, -0.2) is 8.42 Å². The highest BCUT2D eigenvalue weighted by atomic mass is 32.2. The van der Waals surface area contributed by atoms with Crippen LogP contribution in [0, 0.1) is 6.92 Å². The zero-order chi connectivity index (χ0) is 27.2. The van der Waals surface area contributed by atoms with E-state index in [0.717, 1.165) is 47.9 Å². The highest BCUT2D eigenvalue weighted by Crippen LogP contribution is 2.51. The number of carbonyl (C=O) groups is 1. The summed E-state index contributed by atoms with van der Waals surface area (Å²) in [6, 6.07) is 18.4. The maximum absolute atomic E-state index is 13.4. The van der Waals surface area contributed by atoms with Crippen LogP contribution < -0.4 is 14.8 Å². The van der Waals surface area contributed by atoms with Crippen molar-refractivity contribution in [3.05, 3.63) is 71.8 Å². The van der Waals surface area contributed by atoms with Crippen LogP contribution in [0.15, 0.2) is 65.6 Å². The first-order valence-corrected chi connectivity index (χ1v) is 14.7. The predicted octanol–water partition coefficient (Wildman–Crippen LogP) is 5.11. The van der Waals surface area contributed by atoms with E-state index in [-0.39, 0.29) is 25.1 Å². The summed E-state index contributed by atoms with van der Waals surface area (Å²) < 4.78 is 44.3. The molecule has 3 aromatic carbocycles. The zero-order valence-electron chi connectivity index (χ0n) is 22.1. The Morgan fingerprint density at radius 1 is 1.08 bits per heavy atom. The van der Waals surface area contributed by atoms with Crippen LogP contribution in [-0.4, -0.2) is 51.7 Å². The Kier molecular flexibility index (Phi) is 6.61. The molecule has 2 fully saturated rings. The van der Waals surface area contributed by atoms with E-state index < -0.39 is 15.4 Å². The number of nitrogens with zero attached hydrogens (tertiary/aromatic N) is 1. The van der Waals surface area contributed by atoms with E-state index in [0.29, 0.717) is 30.3 Å². The highest BCUT2D eigenvalue weighted by Gasteiger charge is 2.51. The van der Waals surface area contributed by atoms with Crippen LogP contribution in [0.3, 0.4) is 0 Å². The van der Waals surface area contributed by atoms with Gasteiger partial charge in [0, 0.05) is 26.8 Å². The van der Waals surface area contributed by atoms with Gasteiger partial charge in [-0.05, 0) is 91.3 Å². The van der Waals surface area contributed by atoms with Crippen molar-refractivity contribution in [2.75, 3.05) is 32.4 Å². The number of rotatable bonds is 8. The van der Waals surface area contributed by atoms with Gasteiger partial charge in [0.1, 0.15) is 0 Å². The Labute approximate surface area is 230 Å². The minimum absolute atomic E-state index is 0. The summed E-state index contributed by atoms with van der Waals surface area (Å²) in [5, 5.41) is 3.11. The lowest BCUT2D eigenvalue weighted by Crippen LogP contribution is -2.38. The van der Waals surface area contributed by atoms with Gasteiger partial charge in [0.25, 0.3) is 0 Å². The van der Waals surface area contributed by atoms with Crippen LogP contribution in [0.4, 0.5) is 5.69 Å². The van der Waals surface area contributed by atoms with Crippen LogP contribution in [-0.2, 0) is 25.0 Å². The van der Waals surface area contributed by atoms with Crippen LogP contribution in [0.1, 0.15) is 38.2 Å². The Bertz CT molecular complexity index is 1520. The zero-order valence-corrected chi connectivity index (χ0v) is 22.9. The summed E-state index contributed by atoms with van der Waals surface area (Å²) in [6.07, 6.45) is 3.18. The summed E-state index contributed by atoms with van der Waals surface area (Å²) in [5.41, 5.74) is 3.90. The van der Waals surface area contributed by atoms with E-state index in [1.165, 1.54) is 0 Å². The molecule has 39 heavy (non-hydrogen) atoms. The molecule has 206 valence electrons. The molecule has 0 radical (unpaired) electrons. The Morgan fingerprint density at radius 3 is 2.59 bits per heavy atom. The second-order valence-corrected chi connectivity index (χ2v) is 12.4. The molecule has 3 aromatic rings. The molecule has 1 aliphatic carbocycles. The second-order valence-electron chi connectivity index (χ2n) is 10.5. The van der Waals surface area contributed by atoms with Crippen LogP contribution >= 0.6 is 0 Å². The largest absolute Gasteiger partial charge is 0.454 e. The number of anilines is 1. The predicted molar refractivity (Wildman–Crippen MR) is 150 cm³/mol. The average Bonchev–Trinajstić information content (AvgIpc) is 3.38. The van der Waals surface area contributed by atoms with Crippen molar-refractivity contribution in [2.24, 2.45) is 0 Å². The maximum Gasteiger partial charge on any atom is 0.243 e. The summed E-state index contributed by atoms with van der Waals surface area (Å²) in [5.74, 6) is 1.33. The lowest BCUT2D eigenvalue weighted by molar-refractivity contribution is -0.118. The molecule has 0 bridgehead atoms. The van der Waals surface area contributed by atoms with Crippen molar-refractivity contribution < 1.29 is 28.8 Å². The molecule has 1 saturated heterocycles. The molecular formula is C30H34N2O6S. The normalized spacial score (nSPS) is 19.7. The number of ether oxygens (including phenoxy) is 3. The summed E-state index contributed by atoms with van der Waals surface area (Å²) in [6.45, 7) is 3.10. The molecule has 2 aliphatic heterocycles. The molecule has 0 spiro atoms. The number of sulfonamides is 1. The van der Waals surface area contributed by atoms with E-state index in [2.05, 4.69) is 5.32 Å². The molecule has 0 aromatic heterocycles. The lowest BCUT2D eigenvalue weighted by Gasteiger charge is -2.23. The average molecular weight is 551 g/mol. The van der Waals surface area contributed by atoms with Crippen molar-refractivity contribution in [2.45, 2.75) is 49.0 Å². The molecular weight excluding hydrogens is 516 g/mol. The third-order valence-corrected chi connectivity index (χ3v) is 10.0. The molecule has 8 nitrogen and oxygen atoms in total. The first-order chi connectivity index (χ1) is 18.8. The van der Waals surface area contributed by atoms with E-state index >= 15 is 0 Å². The molecule has 0 unspecified atom stereocenters. The standard InChI is InChI=1S/C30H32N2O6S.H2/c1-20-5-9-23(31-29(33)30(13-14-30)22-8-12-27-28(16-22)38-19-37-27)17-26(20)21-6-10-25(11-7-21)39(34,35)32-15-3-4-24(32)18-36-2;/h5-12,16-17,24H,3-4,13-15,18-19H2,1-2H3,(H,31,33);1H/t24-;/m1./s1. The lowest BCUT2D eigenvalue weighted by atomic mass is 9.94. The number of aryl methyl sites for hydroxylation is 1. The Hall–Kier alpha value is -3.40. The van der Waals surface area contributed by atoms with E-state index in [4.69, 9.17) is 14.2 Å². The van der Waals surface area contributed by atoms with Gasteiger partial charge >= 0.3 is 0 Å². The molecule has 6 rings (SSSR count). The fourth-order valence-corrected chi connectivity index (χ4v) is 7.33. The monoisotopic (exact) mass is 550 g/mol. The van der Waals surface area contributed by atoms with Crippen LogP contribution in [0.25, 0.3) is 11.1 Å². The minimum Gasteiger partial charge on any atom is -0.454 e. The first kappa shape index (κ1) is 25.9. The van der Waals surface area contributed by atoms with E-state index in [9.17, 15) is 13.2 Å². The summed E-state index contributed by atoms with van der Waals surface area (Å²) in [7, 11) is -2.01. The summed E-state index contributed by atoms with van der Waals surface area (Å²) in [4.78, 5) is 13.7. The number of methoxy groups -OCH3 is 1. The van der Waals surface area contributed by atoms with Gasteiger partial charge in [0.05, 0.1) is 16.9 Å². The van der Waals surface area contributed by atoms with Gasteiger partial charge in [-0.2, -0.15) is 4.31 Å². The molecule has 1 saturated carbocycles. The topological polar surface area (TPSA) is 94.2 Å². The third kappa shape index (κ3) is 4.68. The Morgan fingerprint density at radius 2 is 1.85 bits per heavy atom. The SMILES string of the molecule is COC[C@H]1CCCN1S(=O)(=O)c1ccc(-c2cc(NC(=O)C3(c4ccc5c(c4)OCO5)CC3)ccc2C)cc1.[HH]. The number of fused-ring (bicyclic) bond motifs is 1. The fourth-order valence-electron chi connectivity index (χ4n) is 5.65. The van der Waals surface area contributed by atoms with E-state index in [1.54, 1.807) is 23.5 Å². The first-order valence-electron chi connectivity index (χ1n) is 13.3. The molecule has 3 aliphatic rings. The van der Waals surface area contributed by atoms with Crippen molar-refractivity contribution >= 4 is 21.6 Å². The number of hydrogen-bond acceptors (Lipinski definition) is 6. The number of carbonyl (C=O) groups excluding carboxylic acids is 1. The van der Waals surface area contributed by atoms with Gasteiger partial charge in [0.2, 0.25) is 22.7 Å². The fraction of sp³-hybridized carbons (Fsp3) is 0.367. The van der Waals surface area contributed by atoms with E-state index in [1.807, 2.05) is 55.5 Å². The minimum atomic E-state index is -3.60. The van der Waals surface area contributed by atoms with Crippen molar-refractivity contribution in [1.29, 1.82) is 0 Å². The number of nitrogens with one attached hydrogen (secondary N) is 1. The molecule has 1 amide bonds. The number of amides is 1. The van der Waals surface area contributed by atoms with Gasteiger partial charge in [-0.15, -0.1) is 0 Å². The maximum atomic E-state index is 13.4. The second kappa shape index (κ2) is 9.97. The molecule has 1 N–H and O–H groups in total. The molecule has 9 heteroatoms. The van der Waals surface area contributed by atoms with Crippen molar-refractivity contribution in [1.82, 2.24) is 4.31 Å². The molecule has 1 atom stereocenters. The number of hydrogen-bond donors (Lipinski definition) is 1. The highest BCUT2D eigenvalue weighted by molar-refractivity contribution is 7.89.